The highest BCUT2D eigenvalue weighted by atomic mass is 35.5. The zero-order valence-corrected chi connectivity index (χ0v) is 15.0. The average Bonchev–Trinajstić information content (AvgIpc) is 2.56. The van der Waals surface area contributed by atoms with Crippen molar-refractivity contribution in [3.63, 3.8) is 0 Å². The van der Waals surface area contributed by atoms with Gasteiger partial charge < -0.3 is 14.8 Å². The number of esters is 2. The zero-order valence-electron chi connectivity index (χ0n) is 13.5. The van der Waals surface area contributed by atoms with E-state index in [1.54, 1.807) is 32.0 Å². The number of ether oxygens (including phenoxy) is 2. The fourth-order valence-electron chi connectivity index (χ4n) is 2.56. The van der Waals surface area contributed by atoms with Gasteiger partial charge in [0.2, 0.25) is 0 Å². The van der Waals surface area contributed by atoms with Crippen molar-refractivity contribution < 1.29 is 19.1 Å². The van der Waals surface area contributed by atoms with Gasteiger partial charge in [-0.3, -0.25) is 0 Å². The van der Waals surface area contributed by atoms with E-state index in [9.17, 15) is 9.59 Å². The Labute approximate surface area is 150 Å². The van der Waals surface area contributed by atoms with Crippen LogP contribution in [0.3, 0.4) is 0 Å². The third-order valence-corrected chi connectivity index (χ3v) is 4.49. The summed E-state index contributed by atoms with van der Waals surface area (Å²) in [5.74, 6) is -1.83. The molecule has 1 aromatic rings. The van der Waals surface area contributed by atoms with Crippen molar-refractivity contribution >= 4 is 35.1 Å². The van der Waals surface area contributed by atoms with Crippen molar-refractivity contribution in [1.29, 1.82) is 0 Å². The molecule has 1 unspecified atom stereocenters. The Balaban J connectivity index is 2.65. The van der Waals surface area contributed by atoms with Crippen LogP contribution in [0.4, 0.5) is 0 Å². The van der Waals surface area contributed by atoms with Crippen LogP contribution in [-0.4, -0.2) is 25.7 Å². The number of hydrogen-bond donors (Lipinski definition) is 1. The number of allylic oxidation sites excluding steroid dienone is 1. The first-order valence-electron chi connectivity index (χ1n) is 7.29. The maximum atomic E-state index is 12.4. The van der Waals surface area contributed by atoms with Crippen LogP contribution in [0.5, 0.6) is 0 Å². The third-order valence-electron chi connectivity index (χ3n) is 3.66. The molecule has 0 saturated carbocycles. The van der Waals surface area contributed by atoms with Crippen molar-refractivity contribution in [2.45, 2.75) is 19.8 Å². The molecule has 1 N–H and O–H groups in total. The van der Waals surface area contributed by atoms with Gasteiger partial charge in [-0.2, -0.15) is 0 Å². The van der Waals surface area contributed by atoms with Gasteiger partial charge in [-0.25, -0.2) is 9.59 Å². The molecule has 1 heterocycles. The molecule has 2 rings (SSSR count). The number of hydrogen-bond acceptors (Lipinski definition) is 5. The predicted octanol–water partition coefficient (Wildman–Crippen LogP) is 3.57. The molecular weight excluding hydrogens is 353 g/mol. The van der Waals surface area contributed by atoms with Gasteiger partial charge in [0.15, 0.2) is 0 Å². The molecule has 0 bridgehead atoms. The minimum Gasteiger partial charge on any atom is -0.466 e. The fourth-order valence-corrected chi connectivity index (χ4v) is 2.97. The van der Waals surface area contributed by atoms with Gasteiger partial charge in [0, 0.05) is 11.9 Å². The third kappa shape index (κ3) is 3.42. The number of methoxy groups -OCH3 is 1. The monoisotopic (exact) mass is 369 g/mol. The summed E-state index contributed by atoms with van der Waals surface area (Å²) in [5, 5.41) is 3.52. The highest BCUT2D eigenvalue weighted by Gasteiger charge is 2.37. The quantitative estimate of drug-likeness (QED) is 0.821. The zero-order chi connectivity index (χ0) is 17.9. The Morgan fingerprint density at radius 3 is 2.58 bits per heavy atom. The Bertz CT molecular complexity index is 740. The van der Waals surface area contributed by atoms with E-state index < -0.39 is 17.9 Å². The molecule has 1 atom stereocenters. The summed E-state index contributed by atoms with van der Waals surface area (Å²) in [5.41, 5.74) is 1.64. The molecule has 0 radical (unpaired) electrons. The number of carbonyl (C=O) groups excluding carboxylic acids is 2. The smallest absolute Gasteiger partial charge is 0.336 e. The van der Waals surface area contributed by atoms with Gasteiger partial charge in [0.1, 0.15) is 0 Å². The van der Waals surface area contributed by atoms with Crippen LogP contribution in [0.15, 0.2) is 41.2 Å². The van der Waals surface area contributed by atoms with Crippen LogP contribution in [-0.2, 0) is 19.1 Å². The number of nitrogens with one attached hydrogen (secondary N) is 1. The summed E-state index contributed by atoms with van der Waals surface area (Å²) in [6.45, 7) is 3.64. The summed E-state index contributed by atoms with van der Waals surface area (Å²) >= 11 is 12.4. The lowest BCUT2D eigenvalue weighted by Crippen LogP contribution is -2.29. The number of dihydropyridines is 1. The van der Waals surface area contributed by atoms with E-state index in [0.29, 0.717) is 16.3 Å². The largest absolute Gasteiger partial charge is 0.466 e. The van der Waals surface area contributed by atoms with Crippen LogP contribution in [0.2, 0.25) is 10.0 Å². The van der Waals surface area contributed by atoms with Gasteiger partial charge in [-0.05, 0) is 25.5 Å². The van der Waals surface area contributed by atoms with Crippen molar-refractivity contribution in [2.24, 2.45) is 0 Å². The molecule has 24 heavy (non-hydrogen) atoms. The molecule has 1 aliphatic rings. The molecule has 1 aliphatic heterocycles. The lowest BCUT2D eigenvalue weighted by Gasteiger charge is -2.28. The molecule has 0 spiro atoms. The molecule has 0 amide bonds. The van der Waals surface area contributed by atoms with E-state index in [1.807, 2.05) is 0 Å². The molecule has 128 valence electrons. The van der Waals surface area contributed by atoms with Gasteiger partial charge in [-0.15, -0.1) is 0 Å². The number of carbonyl (C=O) groups is 2. The Kier molecular flexibility index (Phi) is 5.91. The second-order valence-corrected chi connectivity index (χ2v) is 5.86. The highest BCUT2D eigenvalue weighted by Crippen LogP contribution is 2.41. The van der Waals surface area contributed by atoms with E-state index in [4.69, 9.17) is 32.7 Å². The van der Waals surface area contributed by atoms with Gasteiger partial charge in [0.25, 0.3) is 0 Å². The molecule has 5 nitrogen and oxygen atoms in total. The lowest BCUT2D eigenvalue weighted by atomic mass is 9.82. The molecule has 0 aromatic heterocycles. The second-order valence-electron chi connectivity index (χ2n) is 5.07. The van der Waals surface area contributed by atoms with Crippen LogP contribution in [0.1, 0.15) is 25.3 Å². The summed E-state index contributed by atoms with van der Waals surface area (Å²) in [6.07, 6.45) is 1.52. The maximum absolute atomic E-state index is 12.4. The molecular formula is C17H17Cl2NO4. The van der Waals surface area contributed by atoms with Crippen LogP contribution >= 0.6 is 23.2 Å². The molecule has 7 heteroatoms. The first-order valence-corrected chi connectivity index (χ1v) is 8.04. The van der Waals surface area contributed by atoms with Crippen molar-refractivity contribution in [1.82, 2.24) is 5.32 Å². The fraction of sp³-hybridized carbons (Fsp3) is 0.294. The summed E-state index contributed by atoms with van der Waals surface area (Å²) in [6, 6.07) is 5.06. The maximum Gasteiger partial charge on any atom is 0.336 e. The Morgan fingerprint density at radius 1 is 1.25 bits per heavy atom. The van der Waals surface area contributed by atoms with Gasteiger partial charge >= 0.3 is 11.9 Å². The number of halogens is 2. The van der Waals surface area contributed by atoms with E-state index in [-0.39, 0.29) is 22.8 Å². The molecule has 0 aliphatic carbocycles. The van der Waals surface area contributed by atoms with E-state index >= 15 is 0 Å². The van der Waals surface area contributed by atoms with E-state index in [0.717, 1.165) is 0 Å². The first-order chi connectivity index (χ1) is 11.4. The standard InChI is InChI=1S/C17H17Cl2NO4/c1-4-24-16(21)11-8-20-9(2)13(17(22)23-3)14(11)10-6-5-7-12(18)15(10)19/h5-8,14,20H,4H2,1-3H3. The highest BCUT2D eigenvalue weighted by molar-refractivity contribution is 6.42. The first kappa shape index (κ1) is 18.4. The minimum absolute atomic E-state index is 0.211. The lowest BCUT2D eigenvalue weighted by molar-refractivity contribution is -0.139. The van der Waals surface area contributed by atoms with Gasteiger partial charge in [-0.1, -0.05) is 35.3 Å². The summed E-state index contributed by atoms with van der Waals surface area (Å²) in [4.78, 5) is 24.7. The second kappa shape index (κ2) is 7.73. The van der Waals surface area contributed by atoms with Crippen LogP contribution in [0.25, 0.3) is 0 Å². The van der Waals surface area contributed by atoms with Crippen LogP contribution < -0.4 is 5.32 Å². The number of benzene rings is 1. The van der Waals surface area contributed by atoms with E-state index in [2.05, 4.69) is 5.32 Å². The molecule has 0 saturated heterocycles. The average molecular weight is 370 g/mol. The van der Waals surface area contributed by atoms with E-state index in [1.165, 1.54) is 13.3 Å². The summed E-state index contributed by atoms with van der Waals surface area (Å²) < 4.78 is 9.98. The molecule has 0 fully saturated rings. The summed E-state index contributed by atoms with van der Waals surface area (Å²) in [7, 11) is 1.28. The van der Waals surface area contributed by atoms with Crippen molar-refractivity contribution in [3.8, 4) is 0 Å². The normalized spacial score (nSPS) is 17.0. The predicted molar refractivity (Wildman–Crippen MR) is 91.8 cm³/mol. The number of rotatable bonds is 4. The van der Waals surface area contributed by atoms with Crippen LogP contribution in [0, 0.1) is 0 Å². The van der Waals surface area contributed by atoms with Crippen molar-refractivity contribution in [2.75, 3.05) is 13.7 Å². The van der Waals surface area contributed by atoms with Crippen molar-refractivity contribution in [3.05, 3.63) is 56.9 Å². The van der Waals surface area contributed by atoms with Gasteiger partial charge in [0.05, 0.1) is 40.8 Å². The molecule has 1 aromatic carbocycles. The Morgan fingerprint density at radius 2 is 1.96 bits per heavy atom. The SMILES string of the molecule is CCOC(=O)C1=CNC(C)=C(C(=O)OC)C1c1cccc(Cl)c1Cl. The minimum atomic E-state index is -0.732. The topological polar surface area (TPSA) is 64.6 Å². The Hall–Kier alpha value is -1.98.